The normalized spacial score (nSPS) is 10.4. The summed E-state index contributed by atoms with van der Waals surface area (Å²) in [5.41, 5.74) is 0.583. The summed E-state index contributed by atoms with van der Waals surface area (Å²) >= 11 is 0. The molecule has 0 aliphatic heterocycles. The fourth-order valence-electron chi connectivity index (χ4n) is 1.49. The zero-order chi connectivity index (χ0) is 11.3. The molecule has 0 aliphatic carbocycles. The third-order valence-corrected chi connectivity index (χ3v) is 2.50. The van der Waals surface area contributed by atoms with Crippen LogP contribution in [0.1, 0.15) is 37.0 Å². The lowest BCUT2D eigenvalue weighted by atomic mass is 10.1. The zero-order valence-corrected chi connectivity index (χ0v) is 9.18. The van der Waals surface area contributed by atoms with Crippen LogP contribution in [-0.4, -0.2) is 21.9 Å². The van der Waals surface area contributed by atoms with Gasteiger partial charge in [-0.05, 0) is 25.0 Å². The van der Waals surface area contributed by atoms with Crippen molar-refractivity contribution in [1.82, 2.24) is 9.99 Å². The van der Waals surface area contributed by atoms with Gasteiger partial charge in [0.25, 0.3) is 5.91 Å². The van der Waals surface area contributed by atoms with Crippen molar-refractivity contribution in [2.45, 2.75) is 32.7 Å². The molecule has 1 heterocycles. The second-order valence-corrected chi connectivity index (χ2v) is 3.42. The summed E-state index contributed by atoms with van der Waals surface area (Å²) in [5.74, 6) is 5.63. The number of carbonyl (C=O) groups excluding carboxylic acids is 1. The van der Waals surface area contributed by atoms with Crippen LogP contribution in [0.3, 0.4) is 0 Å². The van der Waals surface area contributed by atoms with Gasteiger partial charge in [-0.3, -0.25) is 14.8 Å². The van der Waals surface area contributed by atoms with E-state index in [1.807, 2.05) is 13.8 Å². The molecule has 0 unspecified atom stereocenters. The minimum absolute atomic E-state index is 0.102. The molecule has 82 valence electrons. The summed E-state index contributed by atoms with van der Waals surface area (Å²) in [6.45, 7) is 4.04. The number of hydrogen-bond acceptors (Lipinski definition) is 3. The molecule has 0 spiro atoms. The van der Waals surface area contributed by atoms with Crippen LogP contribution in [0.15, 0.2) is 24.5 Å². The minimum atomic E-state index is -0.147. The summed E-state index contributed by atoms with van der Waals surface area (Å²) in [6, 6.07) is 3.44. The van der Waals surface area contributed by atoms with E-state index >= 15 is 0 Å². The maximum absolute atomic E-state index is 11.9. The van der Waals surface area contributed by atoms with E-state index in [-0.39, 0.29) is 11.9 Å². The summed E-state index contributed by atoms with van der Waals surface area (Å²) in [4.78, 5) is 15.7. The Balaban J connectivity index is 2.77. The second kappa shape index (κ2) is 5.46. The molecule has 4 nitrogen and oxygen atoms in total. The number of nitrogens with two attached hydrogens (primary N) is 1. The molecule has 15 heavy (non-hydrogen) atoms. The van der Waals surface area contributed by atoms with E-state index in [1.165, 1.54) is 5.01 Å². The van der Waals surface area contributed by atoms with Crippen LogP contribution in [0.5, 0.6) is 0 Å². The monoisotopic (exact) mass is 207 g/mol. The van der Waals surface area contributed by atoms with Crippen LogP contribution in [0, 0.1) is 0 Å². The standard InChI is InChI=1S/C11H17N3O/c1-3-10(4-2)14(12)11(15)9-5-7-13-8-6-9/h5-8,10H,3-4,12H2,1-2H3. The summed E-state index contributed by atoms with van der Waals surface area (Å²) in [7, 11) is 0. The van der Waals surface area contributed by atoms with Gasteiger partial charge in [0.15, 0.2) is 0 Å². The van der Waals surface area contributed by atoms with E-state index in [2.05, 4.69) is 4.98 Å². The maximum Gasteiger partial charge on any atom is 0.268 e. The smallest absolute Gasteiger partial charge is 0.268 e. The highest BCUT2D eigenvalue weighted by Gasteiger charge is 2.18. The number of aromatic nitrogens is 1. The van der Waals surface area contributed by atoms with Crippen molar-refractivity contribution in [3.63, 3.8) is 0 Å². The van der Waals surface area contributed by atoms with Crippen LogP contribution in [0.25, 0.3) is 0 Å². The van der Waals surface area contributed by atoms with Gasteiger partial charge in [0.05, 0.1) is 0 Å². The molecule has 0 atom stereocenters. The Bertz CT molecular complexity index is 309. The topological polar surface area (TPSA) is 59.2 Å². The highest BCUT2D eigenvalue weighted by molar-refractivity contribution is 5.93. The lowest BCUT2D eigenvalue weighted by molar-refractivity contribution is 0.0667. The van der Waals surface area contributed by atoms with Gasteiger partial charge in [0.2, 0.25) is 0 Å². The van der Waals surface area contributed by atoms with Gasteiger partial charge in [-0.25, -0.2) is 5.84 Å². The molecule has 0 fully saturated rings. The number of rotatable bonds is 4. The molecule has 0 radical (unpaired) electrons. The Labute approximate surface area is 90.1 Å². The van der Waals surface area contributed by atoms with Crippen LogP contribution in [-0.2, 0) is 0 Å². The summed E-state index contributed by atoms with van der Waals surface area (Å²) in [6.07, 6.45) is 4.91. The van der Waals surface area contributed by atoms with Crippen LogP contribution in [0.4, 0.5) is 0 Å². The van der Waals surface area contributed by atoms with Crippen molar-refractivity contribution in [3.8, 4) is 0 Å². The Kier molecular flexibility index (Phi) is 4.24. The van der Waals surface area contributed by atoms with Crippen LogP contribution < -0.4 is 5.84 Å². The van der Waals surface area contributed by atoms with E-state index in [0.717, 1.165) is 12.8 Å². The van der Waals surface area contributed by atoms with E-state index in [9.17, 15) is 4.79 Å². The molecular formula is C11H17N3O. The summed E-state index contributed by atoms with van der Waals surface area (Å²) < 4.78 is 0. The molecule has 0 saturated carbocycles. The quantitative estimate of drug-likeness (QED) is 0.463. The number of hydrogen-bond donors (Lipinski definition) is 1. The highest BCUT2D eigenvalue weighted by Crippen LogP contribution is 2.08. The first-order chi connectivity index (χ1) is 7.20. The Morgan fingerprint density at radius 3 is 2.40 bits per heavy atom. The molecule has 0 bridgehead atoms. The van der Waals surface area contributed by atoms with Gasteiger partial charge < -0.3 is 0 Å². The molecule has 1 aromatic heterocycles. The van der Waals surface area contributed by atoms with Crippen molar-refractivity contribution >= 4 is 5.91 Å². The molecular weight excluding hydrogens is 190 g/mol. The first kappa shape index (κ1) is 11.7. The summed E-state index contributed by atoms with van der Waals surface area (Å²) in [5, 5.41) is 1.31. The number of hydrazine groups is 1. The van der Waals surface area contributed by atoms with E-state index < -0.39 is 0 Å². The van der Waals surface area contributed by atoms with Crippen LogP contribution >= 0.6 is 0 Å². The van der Waals surface area contributed by atoms with Gasteiger partial charge in [-0.15, -0.1) is 0 Å². The Morgan fingerprint density at radius 1 is 1.40 bits per heavy atom. The molecule has 1 aromatic rings. The first-order valence-corrected chi connectivity index (χ1v) is 5.19. The molecule has 0 aromatic carbocycles. The second-order valence-electron chi connectivity index (χ2n) is 3.42. The van der Waals surface area contributed by atoms with E-state index in [1.54, 1.807) is 24.5 Å². The largest absolute Gasteiger partial charge is 0.274 e. The fourth-order valence-corrected chi connectivity index (χ4v) is 1.49. The SMILES string of the molecule is CCC(CC)N(N)C(=O)c1ccncc1. The van der Waals surface area contributed by atoms with E-state index in [0.29, 0.717) is 5.56 Å². The Hall–Kier alpha value is -1.42. The average Bonchev–Trinajstić information content (AvgIpc) is 2.30. The molecule has 0 aliphatic rings. The van der Waals surface area contributed by atoms with Gasteiger partial charge in [-0.1, -0.05) is 13.8 Å². The van der Waals surface area contributed by atoms with Gasteiger partial charge in [-0.2, -0.15) is 0 Å². The van der Waals surface area contributed by atoms with E-state index in [4.69, 9.17) is 5.84 Å². The number of pyridine rings is 1. The Morgan fingerprint density at radius 2 is 1.93 bits per heavy atom. The molecule has 2 N–H and O–H groups in total. The van der Waals surface area contributed by atoms with Crippen molar-refractivity contribution < 1.29 is 4.79 Å². The predicted octanol–water partition coefficient (Wildman–Crippen LogP) is 1.59. The number of amides is 1. The minimum Gasteiger partial charge on any atom is -0.274 e. The molecule has 1 rings (SSSR count). The van der Waals surface area contributed by atoms with Crippen molar-refractivity contribution in [2.75, 3.05) is 0 Å². The fraction of sp³-hybridized carbons (Fsp3) is 0.455. The van der Waals surface area contributed by atoms with Crippen molar-refractivity contribution in [3.05, 3.63) is 30.1 Å². The molecule has 0 saturated heterocycles. The molecule has 4 heteroatoms. The van der Waals surface area contributed by atoms with Gasteiger partial charge in [0, 0.05) is 24.0 Å². The predicted molar refractivity (Wildman–Crippen MR) is 59.0 cm³/mol. The first-order valence-electron chi connectivity index (χ1n) is 5.19. The van der Waals surface area contributed by atoms with Crippen molar-refractivity contribution in [2.24, 2.45) is 5.84 Å². The number of carbonyl (C=O) groups is 1. The average molecular weight is 207 g/mol. The zero-order valence-electron chi connectivity index (χ0n) is 9.18. The van der Waals surface area contributed by atoms with Gasteiger partial charge in [0.1, 0.15) is 0 Å². The van der Waals surface area contributed by atoms with Crippen LogP contribution in [0.2, 0.25) is 0 Å². The lowest BCUT2D eigenvalue weighted by Crippen LogP contribution is -2.45. The third kappa shape index (κ3) is 2.76. The van der Waals surface area contributed by atoms with Gasteiger partial charge >= 0.3 is 0 Å². The third-order valence-electron chi connectivity index (χ3n) is 2.50. The highest BCUT2D eigenvalue weighted by atomic mass is 16.2. The lowest BCUT2D eigenvalue weighted by Gasteiger charge is -2.25. The molecule has 1 amide bonds. The van der Waals surface area contributed by atoms with Crippen molar-refractivity contribution in [1.29, 1.82) is 0 Å². The maximum atomic E-state index is 11.9. The number of nitrogens with zero attached hydrogens (tertiary/aromatic N) is 2.